The Hall–Kier alpha value is -1.91. The molecule has 0 aliphatic carbocycles. The number of non-ortho nitro benzene ring substituents is 1. The van der Waals surface area contributed by atoms with Gasteiger partial charge >= 0.3 is 0 Å². The summed E-state index contributed by atoms with van der Waals surface area (Å²) in [6.45, 7) is 1.92. The lowest BCUT2D eigenvalue weighted by molar-refractivity contribution is -0.384. The van der Waals surface area contributed by atoms with Crippen molar-refractivity contribution in [3.8, 4) is 0 Å². The van der Waals surface area contributed by atoms with Crippen LogP contribution in [0.5, 0.6) is 0 Å². The first-order valence-corrected chi connectivity index (χ1v) is 5.07. The largest absolute Gasteiger partial charge is 0.388 e. The molecule has 0 heterocycles. The van der Waals surface area contributed by atoms with E-state index in [1.54, 1.807) is 12.1 Å². The van der Waals surface area contributed by atoms with Gasteiger partial charge in [0.25, 0.3) is 5.69 Å². The minimum absolute atomic E-state index is 0.114. The molecule has 0 saturated heterocycles. The van der Waals surface area contributed by atoms with E-state index in [9.17, 15) is 10.1 Å². The van der Waals surface area contributed by atoms with E-state index < -0.39 is 4.92 Å². The van der Waals surface area contributed by atoms with Gasteiger partial charge in [0.15, 0.2) is 0 Å². The highest BCUT2D eigenvalue weighted by atomic mass is 16.6. The average Bonchev–Trinajstić information content (AvgIpc) is 2.20. The molecule has 86 valence electrons. The molecule has 5 nitrogen and oxygen atoms in total. The zero-order valence-corrected chi connectivity index (χ0v) is 9.19. The number of nitrogens with one attached hydrogen (secondary N) is 1. The van der Waals surface area contributed by atoms with E-state index >= 15 is 0 Å². The van der Waals surface area contributed by atoms with Gasteiger partial charge in [-0.25, -0.2) is 0 Å². The third kappa shape index (κ3) is 3.34. The van der Waals surface area contributed by atoms with Gasteiger partial charge in [0.05, 0.1) is 10.8 Å². The summed E-state index contributed by atoms with van der Waals surface area (Å²) in [5.74, 6) is 0.156. The standard InChI is InChI=1S/C11H15N3O2/c1-8-5-6-10(14(15)16)7-9(8)3-2-4-11(12)13/h5-7H,2-4H2,1H3,(H3,12,13). The van der Waals surface area contributed by atoms with Crippen molar-refractivity contribution < 1.29 is 4.92 Å². The van der Waals surface area contributed by atoms with E-state index in [2.05, 4.69) is 0 Å². The summed E-state index contributed by atoms with van der Waals surface area (Å²) in [5, 5.41) is 17.7. The zero-order valence-electron chi connectivity index (χ0n) is 9.19. The predicted molar refractivity (Wildman–Crippen MR) is 62.7 cm³/mol. The number of rotatable bonds is 5. The van der Waals surface area contributed by atoms with E-state index in [1.807, 2.05) is 6.92 Å². The Bertz CT molecular complexity index is 416. The third-order valence-corrected chi connectivity index (χ3v) is 2.44. The van der Waals surface area contributed by atoms with Gasteiger partial charge in [-0.3, -0.25) is 15.5 Å². The number of nitro benzene ring substituents is 1. The molecule has 1 aromatic carbocycles. The van der Waals surface area contributed by atoms with Crippen LogP contribution in [0.4, 0.5) is 5.69 Å². The van der Waals surface area contributed by atoms with Gasteiger partial charge in [0.2, 0.25) is 0 Å². The fourth-order valence-electron chi connectivity index (χ4n) is 1.51. The second kappa shape index (κ2) is 5.25. The van der Waals surface area contributed by atoms with Gasteiger partial charge in [-0.15, -0.1) is 0 Å². The lowest BCUT2D eigenvalue weighted by Crippen LogP contribution is -2.09. The number of hydrogen-bond donors (Lipinski definition) is 2. The van der Waals surface area contributed by atoms with E-state index in [4.69, 9.17) is 11.1 Å². The molecule has 0 aromatic heterocycles. The Morgan fingerprint density at radius 3 is 2.81 bits per heavy atom. The Morgan fingerprint density at radius 2 is 2.25 bits per heavy atom. The highest BCUT2D eigenvalue weighted by molar-refractivity contribution is 5.76. The Morgan fingerprint density at radius 1 is 1.56 bits per heavy atom. The van der Waals surface area contributed by atoms with Crippen molar-refractivity contribution in [2.75, 3.05) is 0 Å². The molecule has 16 heavy (non-hydrogen) atoms. The molecule has 0 amide bonds. The number of nitro groups is 1. The third-order valence-electron chi connectivity index (χ3n) is 2.44. The number of hydrogen-bond acceptors (Lipinski definition) is 3. The summed E-state index contributed by atoms with van der Waals surface area (Å²) < 4.78 is 0. The normalized spacial score (nSPS) is 10.1. The molecule has 0 atom stereocenters. The van der Waals surface area contributed by atoms with Crippen molar-refractivity contribution in [1.82, 2.24) is 0 Å². The smallest absolute Gasteiger partial charge is 0.269 e. The van der Waals surface area contributed by atoms with Gasteiger partial charge in [-0.1, -0.05) is 6.07 Å². The molecular formula is C11H15N3O2. The van der Waals surface area contributed by atoms with Gasteiger partial charge in [0, 0.05) is 18.6 Å². The van der Waals surface area contributed by atoms with Crippen LogP contribution in [0.1, 0.15) is 24.0 Å². The number of nitrogens with zero attached hydrogens (tertiary/aromatic N) is 1. The molecule has 0 aliphatic heterocycles. The minimum atomic E-state index is -0.395. The molecule has 5 heteroatoms. The molecule has 1 rings (SSSR count). The maximum atomic E-state index is 10.6. The molecule has 0 aliphatic rings. The highest BCUT2D eigenvalue weighted by Gasteiger charge is 2.08. The second-order valence-electron chi connectivity index (χ2n) is 3.75. The van der Waals surface area contributed by atoms with Gasteiger partial charge in [-0.05, 0) is 30.9 Å². The molecular weight excluding hydrogens is 206 g/mol. The van der Waals surface area contributed by atoms with Crippen LogP contribution in [0.2, 0.25) is 0 Å². The Balaban J connectivity index is 2.74. The van der Waals surface area contributed by atoms with Crippen molar-refractivity contribution in [1.29, 1.82) is 5.41 Å². The summed E-state index contributed by atoms with van der Waals surface area (Å²) in [6.07, 6.45) is 1.99. The van der Waals surface area contributed by atoms with Crippen molar-refractivity contribution in [3.63, 3.8) is 0 Å². The summed E-state index contributed by atoms with van der Waals surface area (Å²) >= 11 is 0. The van der Waals surface area contributed by atoms with Crippen LogP contribution >= 0.6 is 0 Å². The van der Waals surface area contributed by atoms with E-state index in [0.717, 1.165) is 17.5 Å². The van der Waals surface area contributed by atoms with Crippen LogP contribution < -0.4 is 5.73 Å². The van der Waals surface area contributed by atoms with Crippen molar-refractivity contribution in [2.24, 2.45) is 5.73 Å². The number of aryl methyl sites for hydroxylation is 2. The van der Waals surface area contributed by atoms with Crippen molar-refractivity contribution in [3.05, 3.63) is 39.4 Å². The molecule has 3 N–H and O–H groups in total. The first-order chi connectivity index (χ1) is 7.50. The van der Waals surface area contributed by atoms with Crippen LogP contribution in [0, 0.1) is 22.4 Å². The molecule has 0 fully saturated rings. The maximum absolute atomic E-state index is 10.6. The SMILES string of the molecule is Cc1ccc([N+](=O)[O-])cc1CCCC(=N)N. The van der Waals surface area contributed by atoms with Crippen LogP contribution in [0.15, 0.2) is 18.2 Å². The molecule has 0 spiro atoms. The second-order valence-corrected chi connectivity index (χ2v) is 3.75. The Kier molecular flexibility index (Phi) is 3.99. The van der Waals surface area contributed by atoms with E-state index in [1.165, 1.54) is 6.07 Å². The number of benzene rings is 1. The Labute approximate surface area is 93.9 Å². The molecule has 0 unspecified atom stereocenters. The lowest BCUT2D eigenvalue weighted by atomic mass is 10.0. The van der Waals surface area contributed by atoms with Crippen LogP contribution in [0.25, 0.3) is 0 Å². The molecule has 0 bridgehead atoms. The van der Waals surface area contributed by atoms with Crippen LogP contribution in [-0.2, 0) is 6.42 Å². The lowest BCUT2D eigenvalue weighted by Gasteiger charge is -2.05. The average molecular weight is 221 g/mol. The molecule has 1 aromatic rings. The number of nitrogens with two attached hydrogens (primary N) is 1. The van der Waals surface area contributed by atoms with E-state index in [0.29, 0.717) is 12.8 Å². The fourth-order valence-corrected chi connectivity index (χ4v) is 1.51. The summed E-state index contributed by atoms with van der Waals surface area (Å²) in [5.41, 5.74) is 7.35. The molecule has 0 saturated carbocycles. The van der Waals surface area contributed by atoms with Crippen molar-refractivity contribution in [2.45, 2.75) is 26.2 Å². The van der Waals surface area contributed by atoms with Gasteiger partial charge in [-0.2, -0.15) is 0 Å². The van der Waals surface area contributed by atoms with Crippen LogP contribution in [-0.4, -0.2) is 10.8 Å². The molecule has 0 radical (unpaired) electrons. The van der Waals surface area contributed by atoms with Gasteiger partial charge in [0.1, 0.15) is 0 Å². The first kappa shape index (κ1) is 12.2. The van der Waals surface area contributed by atoms with Gasteiger partial charge < -0.3 is 5.73 Å². The summed E-state index contributed by atoms with van der Waals surface area (Å²) in [6, 6.07) is 4.85. The first-order valence-electron chi connectivity index (χ1n) is 5.07. The summed E-state index contributed by atoms with van der Waals surface area (Å²) in [7, 11) is 0. The number of amidine groups is 1. The fraction of sp³-hybridized carbons (Fsp3) is 0.364. The van der Waals surface area contributed by atoms with E-state index in [-0.39, 0.29) is 11.5 Å². The summed E-state index contributed by atoms with van der Waals surface area (Å²) in [4.78, 5) is 10.2. The minimum Gasteiger partial charge on any atom is -0.388 e. The highest BCUT2D eigenvalue weighted by Crippen LogP contribution is 2.18. The topological polar surface area (TPSA) is 93.0 Å². The predicted octanol–water partition coefficient (Wildman–Crippen LogP) is 2.16. The quantitative estimate of drug-likeness (QED) is 0.345. The van der Waals surface area contributed by atoms with Crippen molar-refractivity contribution >= 4 is 11.5 Å². The maximum Gasteiger partial charge on any atom is 0.269 e. The van der Waals surface area contributed by atoms with Crippen LogP contribution in [0.3, 0.4) is 0 Å². The zero-order chi connectivity index (χ0) is 12.1. The monoisotopic (exact) mass is 221 g/mol.